The van der Waals surface area contributed by atoms with Crippen LogP contribution >= 0.6 is 0 Å². The minimum Gasteiger partial charge on any atom is -0.360 e. The Bertz CT molecular complexity index is 1130. The maximum absolute atomic E-state index is 12.0. The summed E-state index contributed by atoms with van der Waals surface area (Å²) in [6, 6.07) is 12.5. The lowest BCUT2D eigenvalue weighted by atomic mass is 10.0. The quantitative estimate of drug-likeness (QED) is 0.564. The number of nitrogens with one attached hydrogen (secondary N) is 1. The molecule has 2 heterocycles. The second-order valence-corrected chi connectivity index (χ2v) is 8.44. The van der Waals surface area contributed by atoms with Crippen molar-refractivity contribution in [2.75, 3.05) is 17.7 Å². The van der Waals surface area contributed by atoms with Crippen LogP contribution in [0.25, 0.3) is 10.9 Å². The Morgan fingerprint density at radius 2 is 1.92 bits per heavy atom. The molecule has 8 heteroatoms. The molecule has 0 saturated heterocycles. The molecule has 0 aliphatic carbocycles. The van der Waals surface area contributed by atoms with Crippen molar-refractivity contribution >= 4 is 32.1 Å². The molecule has 2 aromatic carbocycles. The molecule has 0 bridgehead atoms. The summed E-state index contributed by atoms with van der Waals surface area (Å²) in [6.45, 7) is 1.06. The van der Waals surface area contributed by atoms with Gasteiger partial charge in [0.15, 0.2) is 9.84 Å². The van der Waals surface area contributed by atoms with E-state index in [1.807, 2.05) is 23.1 Å². The monoisotopic (exact) mass is 371 g/mol. The van der Waals surface area contributed by atoms with Crippen molar-refractivity contribution < 1.29 is 13.3 Å². The van der Waals surface area contributed by atoms with Gasteiger partial charge in [0.25, 0.3) is 0 Å². The first kappa shape index (κ1) is 16.6. The summed E-state index contributed by atoms with van der Waals surface area (Å²) in [7, 11) is -3.70. The fourth-order valence-electron chi connectivity index (χ4n) is 3.65. The molecule has 0 unspecified atom stereocenters. The fraction of sp³-hybridized carbons (Fsp3) is 0.222. The van der Waals surface area contributed by atoms with Crippen LogP contribution < -0.4 is 4.90 Å². The Balaban J connectivity index is 1.81. The molecule has 3 aromatic rings. The summed E-state index contributed by atoms with van der Waals surface area (Å²) in [5.41, 5.74) is 3.26. The smallest absolute Gasteiger partial charge is 0.311 e. The van der Waals surface area contributed by atoms with Crippen molar-refractivity contribution in [2.45, 2.75) is 17.9 Å². The van der Waals surface area contributed by atoms with Crippen LogP contribution in [0.5, 0.6) is 0 Å². The van der Waals surface area contributed by atoms with Crippen molar-refractivity contribution in [3.8, 4) is 0 Å². The lowest BCUT2D eigenvalue weighted by Crippen LogP contribution is -2.31. The Labute approximate surface area is 150 Å². The summed E-state index contributed by atoms with van der Waals surface area (Å²) in [5, 5.41) is 12.8. The molecule has 0 atom stereocenters. The van der Waals surface area contributed by atoms with Gasteiger partial charge in [-0.3, -0.25) is 10.1 Å². The fourth-order valence-corrected chi connectivity index (χ4v) is 4.50. The number of aromatic nitrogens is 1. The number of para-hydroxylation sites is 2. The van der Waals surface area contributed by atoms with E-state index in [2.05, 4.69) is 11.1 Å². The van der Waals surface area contributed by atoms with E-state index in [9.17, 15) is 18.5 Å². The molecule has 1 aromatic heterocycles. The van der Waals surface area contributed by atoms with Crippen LogP contribution in [0.2, 0.25) is 0 Å². The number of hydrogen-bond acceptors (Lipinski definition) is 5. The van der Waals surface area contributed by atoms with Gasteiger partial charge in [0.1, 0.15) is 10.6 Å². The predicted octanol–water partition coefficient (Wildman–Crippen LogP) is 3.04. The Hall–Kier alpha value is -2.87. The number of sulfone groups is 1. The number of rotatable bonds is 3. The third-order valence-corrected chi connectivity index (χ3v) is 5.91. The van der Waals surface area contributed by atoms with Gasteiger partial charge in [-0.1, -0.05) is 24.3 Å². The molecule has 0 spiro atoms. The zero-order chi connectivity index (χ0) is 18.5. The largest absolute Gasteiger partial charge is 0.360 e. The molecule has 0 saturated carbocycles. The van der Waals surface area contributed by atoms with Gasteiger partial charge in [-0.05, 0) is 30.2 Å². The van der Waals surface area contributed by atoms with E-state index >= 15 is 0 Å². The lowest BCUT2D eigenvalue weighted by Gasteiger charge is -2.29. The van der Waals surface area contributed by atoms with Crippen LogP contribution in [0.3, 0.4) is 0 Å². The maximum atomic E-state index is 12.0. The van der Waals surface area contributed by atoms with Crippen molar-refractivity contribution in [2.24, 2.45) is 0 Å². The molecule has 134 valence electrons. The van der Waals surface area contributed by atoms with E-state index in [1.54, 1.807) is 12.1 Å². The summed E-state index contributed by atoms with van der Waals surface area (Å²) >= 11 is 0. The zero-order valence-corrected chi connectivity index (χ0v) is 14.9. The molecular weight excluding hydrogens is 354 g/mol. The SMILES string of the molecule is CS(=O)(=O)c1cccc(N2CCc3c([nH]c4ccccc34)C2)c1[N+](=O)[O-]. The van der Waals surface area contributed by atoms with E-state index in [1.165, 1.54) is 17.0 Å². The normalized spacial score (nSPS) is 14.4. The van der Waals surface area contributed by atoms with Crippen LogP contribution in [0.1, 0.15) is 11.3 Å². The average Bonchev–Trinajstić information content (AvgIpc) is 2.98. The van der Waals surface area contributed by atoms with E-state index in [0.29, 0.717) is 18.8 Å². The predicted molar refractivity (Wildman–Crippen MR) is 99.3 cm³/mol. The van der Waals surface area contributed by atoms with Crippen LogP contribution in [0, 0.1) is 10.1 Å². The second-order valence-electron chi connectivity index (χ2n) is 6.45. The first-order chi connectivity index (χ1) is 12.4. The number of hydrogen-bond donors (Lipinski definition) is 1. The Morgan fingerprint density at radius 1 is 1.15 bits per heavy atom. The molecule has 7 nitrogen and oxygen atoms in total. The van der Waals surface area contributed by atoms with Crippen LogP contribution in [-0.4, -0.2) is 31.1 Å². The number of benzene rings is 2. The van der Waals surface area contributed by atoms with Crippen LogP contribution in [-0.2, 0) is 22.8 Å². The molecule has 4 rings (SSSR count). The topological polar surface area (TPSA) is 96.3 Å². The van der Waals surface area contributed by atoms with E-state index in [0.717, 1.165) is 23.9 Å². The minimum atomic E-state index is -3.70. The summed E-state index contributed by atoms with van der Waals surface area (Å²) in [4.78, 5) is 16.0. The summed E-state index contributed by atoms with van der Waals surface area (Å²) in [6.07, 6.45) is 1.73. The van der Waals surface area contributed by atoms with E-state index in [4.69, 9.17) is 0 Å². The molecule has 0 fully saturated rings. The maximum Gasteiger partial charge on any atom is 0.311 e. The van der Waals surface area contributed by atoms with E-state index in [-0.39, 0.29) is 10.6 Å². The Kier molecular flexibility index (Phi) is 3.73. The summed E-state index contributed by atoms with van der Waals surface area (Å²) in [5.74, 6) is 0. The molecule has 1 aliphatic rings. The molecular formula is C18H17N3O4S. The average molecular weight is 371 g/mol. The third-order valence-electron chi connectivity index (χ3n) is 4.78. The van der Waals surface area contributed by atoms with Crippen molar-refractivity contribution in [1.29, 1.82) is 0 Å². The number of nitrogens with zero attached hydrogens (tertiary/aromatic N) is 2. The molecule has 0 amide bonds. The second kappa shape index (κ2) is 5.84. The Morgan fingerprint density at radius 3 is 2.65 bits per heavy atom. The number of nitro benzene ring substituents is 1. The number of fused-ring (bicyclic) bond motifs is 3. The summed E-state index contributed by atoms with van der Waals surface area (Å²) < 4.78 is 24.0. The van der Waals surface area contributed by atoms with Crippen LogP contribution in [0.4, 0.5) is 11.4 Å². The van der Waals surface area contributed by atoms with Gasteiger partial charge in [-0.25, -0.2) is 8.42 Å². The minimum absolute atomic E-state index is 0.248. The molecule has 26 heavy (non-hydrogen) atoms. The zero-order valence-electron chi connectivity index (χ0n) is 14.1. The molecule has 0 radical (unpaired) electrons. The lowest BCUT2D eigenvalue weighted by molar-refractivity contribution is -0.387. The van der Waals surface area contributed by atoms with Crippen LogP contribution in [0.15, 0.2) is 47.4 Å². The highest BCUT2D eigenvalue weighted by atomic mass is 32.2. The first-order valence-electron chi connectivity index (χ1n) is 8.17. The number of anilines is 1. The van der Waals surface area contributed by atoms with Gasteiger partial charge in [0, 0.05) is 29.4 Å². The van der Waals surface area contributed by atoms with Gasteiger partial charge in [-0.15, -0.1) is 0 Å². The van der Waals surface area contributed by atoms with E-state index < -0.39 is 14.8 Å². The first-order valence-corrected chi connectivity index (χ1v) is 10.1. The van der Waals surface area contributed by atoms with Gasteiger partial charge >= 0.3 is 5.69 Å². The highest BCUT2D eigenvalue weighted by Gasteiger charge is 2.31. The highest BCUT2D eigenvalue weighted by molar-refractivity contribution is 7.90. The van der Waals surface area contributed by atoms with Crippen molar-refractivity contribution in [1.82, 2.24) is 4.98 Å². The van der Waals surface area contributed by atoms with Crippen molar-refractivity contribution in [3.05, 3.63) is 63.8 Å². The van der Waals surface area contributed by atoms with Gasteiger partial charge < -0.3 is 9.88 Å². The molecule has 1 aliphatic heterocycles. The standard InChI is InChI=1S/C18H17N3O4S/c1-26(24,25)17-8-4-7-16(18(17)21(22)23)20-10-9-13-12-5-2-3-6-14(12)19-15(13)11-20/h2-8,19H,9-11H2,1H3. The third kappa shape index (κ3) is 2.62. The molecule has 1 N–H and O–H groups in total. The van der Waals surface area contributed by atoms with Gasteiger partial charge in [0.2, 0.25) is 0 Å². The number of nitro groups is 1. The van der Waals surface area contributed by atoms with Gasteiger partial charge in [0.05, 0.1) is 11.5 Å². The van der Waals surface area contributed by atoms with Crippen molar-refractivity contribution in [3.63, 3.8) is 0 Å². The highest BCUT2D eigenvalue weighted by Crippen LogP contribution is 2.37. The number of H-pyrrole nitrogens is 1. The number of aromatic amines is 1. The van der Waals surface area contributed by atoms with Gasteiger partial charge in [-0.2, -0.15) is 0 Å².